The largest absolute Gasteiger partial charge is 0.376 e. The van der Waals surface area contributed by atoms with Crippen LogP contribution in [0.15, 0.2) is 11.0 Å². The van der Waals surface area contributed by atoms with E-state index in [9.17, 15) is 13.2 Å². The van der Waals surface area contributed by atoms with Gasteiger partial charge in [-0.2, -0.15) is 0 Å². The molecule has 0 aromatic carbocycles. The molecule has 2 atom stereocenters. The fraction of sp³-hybridized carbons (Fsp3) is 0.615. The van der Waals surface area contributed by atoms with E-state index < -0.39 is 22.0 Å². The summed E-state index contributed by atoms with van der Waals surface area (Å²) in [6.45, 7) is 2.41. The number of sulfonamides is 1. The van der Waals surface area contributed by atoms with Gasteiger partial charge in [-0.05, 0) is 32.3 Å². The molecule has 130 valence electrons. The summed E-state index contributed by atoms with van der Waals surface area (Å²) < 4.78 is 37.3. The number of hydrogen-bond acceptors (Lipinski definition) is 6. The van der Waals surface area contributed by atoms with Crippen LogP contribution in [-0.4, -0.2) is 39.7 Å². The Morgan fingerprint density at radius 3 is 2.83 bits per heavy atom. The van der Waals surface area contributed by atoms with E-state index >= 15 is 0 Å². The topological polar surface area (TPSA) is 81.7 Å². The van der Waals surface area contributed by atoms with Gasteiger partial charge < -0.3 is 9.47 Å². The van der Waals surface area contributed by atoms with Crippen LogP contribution in [0.25, 0.3) is 0 Å². The van der Waals surface area contributed by atoms with Crippen LogP contribution < -0.4 is 4.72 Å². The fourth-order valence-corrected chi connectivity index (χ4v) is 5.24. The van der Waals surface area contributed by atoms with Gasteiger partial charge in [0.15, 0.2) is 0 Å². The number of hydrogen-bond donors (Lipinski definition) is 1. The van der Waals surface area contributed by atoms with Crippen LogP contribution >= 0.6 is 34.5 Å². The first kappa shape index (κ1) is 19.0. The summed E-state index contributed by atoms with van der Waals surface area (Å²) in [6, 6.07) is 1.20. The number of nitrogens with one attached hydrogen (secondary N) is 1. The lowest BCUT2D eigenvalue weighted by Gasteiger charge is -2.23. The molecule has 1 aliphatic rings. The second kappa shape index (κ2) is 8.13. The minimum absolute atomic E-state index is 0.000484. The molecule has 0 radical (unpaired) electrons. The van der Waals surface area contributed by atoms with Gasteiger partial charge in [-0.25, -0.2) is 13.1 Å². The quantitative estimate of drug-likeness (QED) is 0.792. The Balaban J connectivity index is 1.90. The van der Waals surface area contributed by atoms with Crippen molar-refractivity contribution in [2.24, 2.45) is 0 Å². The van der Waals surface area contributed by atoms with E-state index in [-0.39, 0.29) is 26.3 Å². The van der Waals surface area contributed by atoms with Crippen LogP contribution in [-0.2, 0) is 24.3 Å². The Hall–Kier alpha value is -0.380. The molecule has 2 rings (SSSR count). The Morgan fingerprint density at radius 2 is 2.26 bits per heavy atom. The third-order valence-corrected chi connectivity index (χ3v) is 6.42. The third kappa shape index (κ3) is 5.30. The Kier molecular flexibility index (Phi) is 6.70. The maximum Gasteiger partial charge on any atom is 0.266 e. The van der Waals surface area contributed by atoms with E-state index in [2.05, 4.69) is 0 Å². The normalized spacial score (nSPS) is 20.2. The minimum Gasteiger partial charge on any atom is -0.376 e. The summed E-state index contributed by atoms with van der Waals surface area (Å²) in [5.41, 5.74) is 0. The molecule has 1 aromatic heterocycles. The number of ether oxygens (including phenoxy) is 2. The molecule has 0 bridgehead atoms. The molecule has 1 amide bonds. The molecule has 10 heteroatoms. The van der Waals surface area contributed by atoms with Gasteiger partial charge in [0.25, 0.3) is 15.9 Å². The number of amides is 1. The Morgan fingerprint density at radius 1 is 1.52 bits per heavy atom. The van der Waals surface area contributed by atoms with Crippen molar-refractivity contribution in [1.82, 2.24) is 4.72 Å². The number of carbonyl (C=O) groups excluding carboxylic acids is 1. The summed E-state index contributed by atoms with van der Waals surface area (Å²) in [5.74, 6) is -0.765. The van der Waals surface area contributed by atoms with Crippen LogP contribution in [0, 0.1) is 0 Å². The molecule has 23 heavy (non-hydrogen) atoms. The molecular formula is C13H17Cl2NO5S2. The summed E-state index contributed by atoms with van der Waals surface area (Å²) in [5, 5.41) is 0. The predicted octanol–water partition coefficient (Wildman–Crippen LogP) is 2.83. The predicted molar refractivity (Wildman–Crippen MR) is 88.7 cm³/mol. The number of rotatable bonds is 6. The zero-order chi connectivity index (χ0) is 17.0. The van der Waals surface area contributed by atoms with Gasteiger partial charge in [0.1, 0.15) is 15.3 Å². The van der Waals surface area contributed by atoms with E-state index in [0.29, 0.717) is 6.61 Å². The first-order valence-corrected chi connectivity index (χ1v) is 10.1. The summed E-state index contributed by atoms with van der Waals surface area (Å²) in [7, 11) is -4.07. The fourth-order valence-electron chi connectivity index (χ4n) is 2.04. The average molecular weight is 402 g/mol. The van der Waals surface area contributed by atoms with Crippen LogP contribution in [0.3, 0.4) is 0 Å². The number of halogens is 2. The van der Waals surface area contributed by atoms with Crippen molar-refractivity contribution in [1.29, 1.82) is 0 Å². The van der Waals surface area contributed by atoms with Gasteiger partial charge in [-0.3, -0.25) is 4.79 Å². The van der Waals surface area contributed by atoms with Crippen molar-refractivity contribution >= 4 is 50.5 Å². The van der Waals surface area contributed by atoms with Crippen LogP contribution in [0.5, 0.6) is 0 Å². The second-order valence-electron chi connectivity index (χ2n) is 5.12. The summed E-state index contributed by atoms with van der Waals surface area (Å²) in [6.07, 6.45) is 1.97. The maximum atomic E-state index is 12.1. The van der Waals surface area contributed by atoms with Crippen LogP contribution in [0.4, 0.5) is 0 Å². The van der Waals surface area contributed by atoms with Crippen molar-refractivity contribution in [3.8, 4) is 0 Å². The first-order chi connectivity index (χ1) is 10.8. The Labute approximate surface area is 149 Å². The summed E-state index contributed by atoms with van der Waals surface area (Å²) in [4.78, 5) is 11.8. The van der Waals surface area contributed by atoms with Gasteiger partial charge in [0.2, 0.25) is 0 Å². The van der Waals surface area contributed by atoms with Gasteiger partial charge in [-0.1, -0.05) is 23.2 Å². The monoisotopic (exact) mass is 401 g/mol. The van der Waals surface area contributed by atoms with E-state index in [1.54, 1.807) is 0 Å². The molecule has 0 spiro atoms. The number of carbonyl (C=O) groups is 1. The number of thiophene rings is 1. The maximum absolute atomic E-state index is 12.1. The van der Waals surface area contributed by atoms with Crippen molar-refractivity contribution < 1.29 is 22.7 Å². The van der Waals surface area contributed by atoms with Crippen molar-refractivity contribution in [2.45, 2.75) is 43.3 Å². The molecule has 1 fully saturated rings. The molecule has 1 N–H and O–H groups in total. The molecule has 0 saturated carbocycles. The highest BCUT2D eigenvalue weighted by Crippen LogP contribution is 2.34. The van der Waals surface area contributed by atoms with E-state index in [4.69, 9.17) is 32.7 Å². The zero-order valence-electron chi connectivity index (χ0n) is 12.4. The molecule has 1 aromatic rings. The molecule has 6 nitrogen and oxygen atoms in total. The lowest BCUT2D eigenvalue weighted by atomic mass is 10.1. The lowest BCUT2D eigenvalue weighted by molar-refractivity contribution is -0.133. The second-order valence-corrected chi connectivity index (χ2v) is 9.06. The lowest BCUT2D eigenvalue weighted by Crippen LogP contribution is -2.40. The molecule has 1 saturated heterocycles. The van der Waals surface area contributed by atoms with Gasteiger partial charge in [0, 0.05) is 6.61 Å². The SMILES string of the molecule is CC(OCC1CCCCO1)C(=O)NS(=O)(=O)c1cc(Cl)sc1Cl. The van der Waals surface area contributed by atoms with Crippen molar-refractivity contribution in [2.75, 3.05) is 13.2 Å². The molecule has 2 heterocycles. The molecular weight excluding hydrogens is 385 g/mol. The average Bonchev–Trinajstić information content (AvgIpc) is 2.85. The highest BCUT2D eigenvalue weighted by Gasteiger charge is 2.26. The highest BCUT2D eigenvalue weighted by molar-refractivity contribution is 7.90. The van der Waals surface area contributed by atoms with Crippen molar-refractivity contribution in [3.63, 3.8) is 0 Å². The summed E-state index contributed by atoms with van der Waals surface area (Å²) >= 11 is 12.4. The van der Waals surface area contributed by atoms with Gasteiger partial charge >= 0.3 is 0 Å². The molecule has 2 unspecified atom stereocenters. The van der Waals surface area contributed by atoms with Gasteiger partial charge in [0.05, 0.1) is 17.0 Å². The van der Waals surface area contributed by atoms with Crippen molar-refractivity contribution in [3.05, 3.63) is 14.7 Å². The third-order valence-electron chi connectivity index (χ3n) is 3.33. The zero-order valence-corrected chi connectivity index (χ0v) is 15.5. The molecule has 1 aliphatic heterocycles. The van der Waals surface area contributed by atoms with E-state index in [0.717, 1.165) is 30.6 Å². The minimum atomic E-state index is -4.07. The standard InChI is InChI=1S/C13H17Cl2NO5S2/c1-8(21-7-9-4-2-3-5-20-9)13(17)16-23(18,19)10-6-11(14)22-12(10)15/h6,8-9H,2-5,7H2,1H3,(H,16,17). The van der Waals surface area contributed by atoms with Gasteiger partial charge in [-0.15, -0.1) is 11.3 Å². The smallest absolute Gasteiger partial charge is 0.266 e. The van der Waals surface area contributed by atoms with E-state index in [1.165, 1.54) is 13.0 Å². The molecule has 0 aliphatic carbocycles. The first-order valence-electron chi connectivity index (χ1n) is 7.04. The highest BCUT2D eigenvalue weighted by atomic mass is 35.5. The van der Waals surface area contributed by atoms with Crippen LogP contribution in [0.2, 0.25) is 8.67 Å². The Bertz CT molecular complexity index is 655. The van der Waals surface area contributed by atoms with E-state index in [1.807, 2.05) is 4.72 Å². The van der Waals surface area contributed by atoms with Crippen LogP contribution in [0.1, 0.15) is 26.2 Å².